The normalized spacial score (nSPS) is 10.1. The molecule has 0 spiro atoms. The number of carboxylic acid groups (broad SMARTS) is 3. The predicted molar refractivity (Wildman–Crippen MR) is 61.4 cm³/mol. The molecule has 100 valence electrons. The first-order chi connectivity index (χ1) is 8.28. The summed E-state index contributed by atoms with van der Waals surface area (Å²) in [7, 11) is 0. The third kappa shape index (κ3) is 6.61. The van der Waals surface area contributed by atoms with Gasteiger partial charge < -0.3 is 20.4 Å². The highest BCUT2D eigenvalue weighted by Gasteiger charge is 2.40. The van der Waals surface area contributed by atoms with Crippen molar-refractivity contribution in [3.05, 3.63) is 22.9 Å². The number of hydrogen-bond donors (Lipinski definition) is 4. The molecule has 0 bridgehead atoms. The van der Waals surface area contributed by atoms with Crippen LogP contribution in [0.5, 0.6) is 0 Å². The quantitative estimate of drug-likeness (QED) is 0.615. The highest BCUT2D eigenvalue weighted by Crippen LogP contribution is 2.15. The second-order valence-electron chi connectivity index (χ2n) is 3.27. The van der Waals surface area contributed by atoms with Crippen LogP contribution in [-0.2, 0) is 14.4 Å². The summed E-state index contributed by atoms with van der Waals surface area (Å²) in [6, 6.07) is 4.04. The summed E-state index contributed by atoms with van der Waals surface area (Å²) in [5, 5.41) is 37.9. The lowest BCUT2D eigenvalue weighted by atomic mass is 9.96. The van der Waals surface area contributed by atoms with E-state index in [2.05, 4.69) is 0 Å². The van der Waals surface area contributed by atoms with Crippen LogP contribution in [0.15, 0.2) is 22.9 Å². The van der Waals surface area contributed by atoms with Gasteiger partial charge >= 0.3 is 17.9 Å². The zero-order valence-corrected chi connectivity index (χ0v) is 9.96. The van der Waals surface area contributed by atoms with Gasteiger partial charge in [0.15, 0.2) is 5.60 Å². The van der Waals surface area contributed by atoms with Crippen LogP contribution in [0.3, 0.4) is 0 Å². The molecule has 0 aliphatic carbocycles. The van der Waals surface area contributed by atoms with Crippen molar-refractivity contribution in [1.29, 1.82) is 0 Å². The SMILES string of the molecule is O=C(O)CC(O)(CC(=O)O)C(=O)O.c1ccsc1. The van der Waals surface area contributed by atoms with Crippen molar-refractivity contribution < 1.29 is 34.8 Å². The molecule has 1 rings (SSSR count). The van der Waals surface area contributed by atoms with E-state index in [1.165, 1.54) is 0 Å². The maximum atomic E-state index is 10.3. The molecule has 1 heterocycles. The Morgan fingerprint density at radius 2 is 1.33 bits per heavy atom. The Hall–Kier alpha value is -1.93. The van der Waals surface area contributed by atoms with Gasteiger partial charge in [-0.3, -0.25) is 9.59 Å². The number of thiophene rings is 1. The summed E-state index contributed by atoms with van der Waals surface area (Å²) in [5.41, 5.74) is -2.74. The number of aliphatic carboxylic acids is 3. The van der Waals surface area contributed by atoms with Crippen LogP contribution in [0.4, 0.5) is 0 Å². The molecule has 7 nitrogen and oxygen atoms in total. The lowest BCUT2D eigenvalue weighted by molar-refractivity contribution is -0.170. The smallest absolute Gasteiger partial charge is 0.336 e. The van der Waals surface area contributed by atoms with Gasteiger partial charge in [0.2, 0.25) is 0 Å². The van der Waals surface area contributed by atoms with Crippen molar-refractivity contribution in [2.75, 3.05) is 0 Å². The molecule has 0 aromatic carbocycles. The topological polar surface area (TPSA) is 132 Å². The van der Waals surface area contributed by atoms with E-state index in [0.29, 0.717) is 0 Å². The average Bonchev–Trinajstić information content (AvgIpc) is 2.71. The maximum absolute atomic E-state index is 10.3. The van der Waals surface area contributed by atoms with E-state index in [0.717, 1.165) is 0 Å². The van der Waals surface area contributed by atoms with Gasteiger partial charge in [0, 0.05) is 0 Å². The van der Waals surface area contributed by atoms with Gasteiger partial charge in [0.25, 0.3) is 0 Å². The molecule has 0 fully saturated rings. The Kier molecular flexibility index (Phi) is 6.61. The van der Waals surface area contributed by atoms with E-state index < -0.39 is 36.4 Å². The van der Waals surface area contributed by atoms with Crippen molar-refractivity contribution in [2.24, 2.45) is 0 Å². The fourth-order valence-electron chi connectivity index (χ4n) is 0.941. The van der Waals surface area contributed by atoms with Crippen molar-refractivity contribution >= 4 is 29.2 Å². The van der Waals surface area contributed by atoms with Crippen molar-refractivity contribution in [3.63, 3.8) is 0 Å². The van der Waals surface area contributed by atoms with E-state index in [-0.39, 0.29) is 0 Å². The van der Waals surface area contributed by atoms with Crippen molar-refractivity contribution in [1.82, 2.24) is 0 Å². The zero-order valence-electron chi connectivity index (χ0n) is 9.15. The predicted octanol–water partition coefficient (Wildman–Crippen LogP) is 0.500. The Bertz CT molecular complexity index is 365. The molecule has 0 aliphatic rings. The Labute approximate surface area is 106 Å². The molecular formula is C10H12O7S. The van der Waals surface area contributed by atoms with Gasteiger partial charge in [-0.1, -0.05) is 12.1 Å². The lowest BCUT2D eigenvalue weighted by Crippen LogP contribution is -2.42. The number of hydrogen-bond acceptors (Lipinski definition) is 5. The Morgan fingerprint density at radius 3 is 1.50 bits per heavy atom. The summed E-state index contributed by atoms with van der Waals surface area (Å²) in [6.07, 6.45) is -2.29. The van der Waals surface area contributed by atoms with E-state index in [4.69, 9.17) is 20.4 Å². The third-order valence-corrected chi connectivity index (χ3v) is 2.34. The number of rotatable bonds is 5. The Balaban J connectivity index is 0.000000473. The molecule has 1 aromatic heterocycles. The molecule has 1 aromatic rings. The second kappa shape index (κ2) is 7.41. The van der Waals surface area contributed by atoms with Crippen LogP contribution >= 0.6 is 11.3 Å². The summed E-state index contributed by atoms with van der Waals surface area (Å²) in [6.45, 7) is 0. The minimum Gasteiger partial charge on any atom is -0.481 e. The number of carbonyl (C=O) groups is 3. The summed E-state index contributed by atoms with van der Waals surface area (Å²) < 4.78 is 0. The molecule has 18 heavy (non-hydrogen) atoms. The maximum Gasteiger partial charge on any atom is 0.336 e. The Morgan fingerprint density at radius 1 is 0.944 bits per heavy atom. The molecule has 0 atom stereocenters. The van der Waals surface area contributed by atoms with Crippen LogP contribution in [0.1, 0.15) is 12.8 Å². The molecule has 4 N–H and O–H groups in total. The van der Waals surface area contributed by atoms with Crippen LogP contribution < -0.4 is 0 Å². The minimum absolute atomic E-state index is 1.14. The van der Waals surface area contributed by atoms with E-state index in [1.54, 1.807) is 11.3 Å². The molecule has 0 radical (unpaired) electrons. The fourth-order valence-corrected chi connectivity index (χ4v) is 1.39. The van der Waals surface area contributed by atoms with Crippen LogP contribution in [0.2, 0.25) is 0 Å². The van der Waals surface area contributed by atoms with Gasteiger partial charge in [-0.2, -0.15) is 11.3 Å². The summed E-state index contributed by atoms with van der Waals surface area (Å²) >= 11 is 1.71. The summed E-state index contributed by atoms with van der Waals surface area (Å²) in [4.78, 5) is 30.5. The first kappa shape index (κ1) is 16.1. The van der Waals surface area contributed by atoms with Crippen LogP contribution in [-0.4, -0.2) is 43.9 Å². The largest absolute Gasteiger partial charge is 0.481 e. The standard InChI is InChI=1S/C6H8O7.C4H4S/c7-3(8)1-6(13,5(11)12)2-4(9)10;1-2-4-5-3-1/h13H,1-2H2,(H,7,8)(H,9,10)(H,11,12);1-4H. The molecular weight excluding hydrogens is 264 g/mol. The van der Waals surface area contributed by atoms with Gasteiger partial charge in [-0.15, -0.1) is 0 Å². The molecule has 8 heteroatoms. The fraction of sp³-hybridized carbons (Fsp3) is 0.300. The highest BCUT2D eigenvalue weighted by atomic mass is 32.1. The van der Waals surface area contributed by atoms with E-state index in [1.807, 2.05) is 22.9 Å². The number of carboxylic acids is 3. The molecule has 0 saturated heterocycles. The second-order valence-corrected chi connectivity index (χ2v) is 4.09. The summed E-state index contributed by atoms with van der Waals surface area (Å²) in [5.74, 6) is -5.02. The first-order valence-corrected chi connectivity index (χ1v) is 5.59. The molecule has 0 aliphatic heterocycles. The minimum atomic E-state index is -2.74. The average molecular weight is 276 g/mol. The molecule has 0 unspecified atom stereocenters. The van der Waals surface area contributed by atoms with Gasteiger partial charge in [0.05, 0.1) is 12.8 Å². The highest BCUT2D eigenvalue weighted by molar-refractivity contribution is 7.07. The van der Waals surface area contributed by atoms with Crippen molar-refractivity contribution in [2.45, 2.75) is 18.4 Å². The van der Waals surface area contributed by atoms with E-state index >= 15 is 0 Å². The monoisotopic (exact) mass is 276 g/mol. The third-order valence-electron chi connectivity index (χ3n) is 1.71. The van der Waals surface area contributed by atoms with Gasteiger partial charge in [-0.05, 0) is 10.8 Å². The number of aliphatic hydroxyl groups is 1. The zero-order chi connectivity index (χ0) is 14.2. The van der Waals surface area contributed by atoms with Crippen molar-refractivity contribution in [3.8, 4) is 0 Å². The van der Waals surface area contributed by atoms with Crippen LogP contribution in [0.25, 0.3) is 0 Å². The first-order valence-electron chi connectivity index (χ1n) is 4.64. The molecule has 0 saturated carbocycles. The van der Waals surface area contributed by atoms with Gasteiger partial charge in [-0.25, -0.2) is 4.79 Å². The van der Waals surface area contributed by atoms with E-state index in [9.17, 15) is 14.4 Å². The lowest BCUT2D eigenvalue weighted by Gasteiger charge is -2.18. The van der Waals surface area contributed by atoms with Gasteiger partial charge in [0.1, 0.15) is 0 Å². The van der Waals surface area contributed by atoms with Crippen LogP contribution in [0, 0.1) is 0 Å². The molecule has 0 amide bonds.